The highest BCUT2D eigenvalue weighted by atomic mass is 16.6. The van der Waals surface area contributed by atoms with E-state index in [-0.39, 0.29) is 0 Å². The van der Waals surface area contributed by atoms with Gasteiger partial charge in [0.05, 0.1) is 0 Å². The maximum absolute atomic E-state index is 5.69. The molecule has 5 heteroatoms. The zero-order valence-electron chi connectivity index (χ0n) is 16.4. The zero-order chi connectivity index (χ0) is 19.8. The van der Waals surface area contributed by atoms with Crippen molar-refractivity contribution in [3.63, 3.8) is 0 Å². The van der Waals surface area contributed by atoms with Gasteiger partial charge in [-0.25, -0.2) is 0 Å². The van der Waals surface area contributed by atoms with Crippen LogP contribution in [0.3, 0.4) is 0 Å². The number of nitrogens with one attached hydrogen (secondary N) is 1. The van der Waals surface area contributed by atoms with Crippen molar-refractivity contribution < 1.29 is 9.47 Å². The van der Waals surface area contributed by atoms with Crippen molar-refractivity contribution in [1.29, 1.82) is 0 Å². The number of ether oxygens (including phenoxy) is 2. The Labute approximate surface area is 169 Å². The average molecular weight is 383 g/mol. The van der Waals surface area contributed by atoms with Gasteiger partial charge in [-0.05, 0) is 43.2 Å². The van der Waals surface area contributed by atoms with Crippen LogP contribution in [0.1, 0.15) is 11.1 Å². The molecule has 0 unspecified atom stereocenters. The highest BCUT2D eigenvalue weighted by Gasteiger charge is 2.14. The van der Waals surface area contributed by atoms with Crippen LogP contribution in [0.15, 0.2) is 60.7 Å². The van der Waals surface area contributed by atoms with Gasteiger partial charge < -0.3 is 14.8 Å². The molecule has 0 saturated carbocycles. The topological polar surface area (TPSA) is 56.3 Å². The Balaban J connectivity index is 1.57. The minimum Gasteiger partial charge on any atom is -0.486 e. The van der Waals surface area contributed by atoms with Crippen molar-refractivity contribution in [3.05, 3.63) is 71.8 Å². The third-order valence-electron chi connectivity index (χ3n) is 5.27. The number of aromatic nitrogens is 2. The van der Waals surface area contributed by atoms with Crippen molar-refractivity contribution in [2.75, 3.05) is 18.5 Å². The summed E-state index contributed by atoms with van der Waals surface area (Å²) in [7, 11) is 0. The molecule has 5 nitrogen and oxygen atoms in total. The predicted molar refractivity (Wildman–Crippen MR) is 115 cm³/mol. The van der Waals surface area contributed by atoms with E-state index in [1.165, 1.54) is 11.1 Å². The van der Waals surface area contributed by atoms with E-state index >= 15 is 0 Å². The summed E-state index contributed by atoms with van der Waals surface area (Å²) in [5, 5.41) is 14.5. The highest BCUT2D eigenvalue weighted by Crippen LogP contribution is 2.35. The molecule has 1 aromatic heterocycles. The van der Waals surface area contributed by atoms with Gasteiger partial charge in [-0.3, -0.25) is 0 Å². The van der Waals surface area contributed by atoms with E-state index in [4.69, 9.17) is 9.47 Å². The number of nitrogens with zero attached hydrogens (tertiary/aromatic N) is 2. The normalized spacial score (nSPS) is 12.8. The Morgan fingerprint density at radius 1 is 0.759 bits per heavy atom. The smallest absolute Gasteiger partial charge is 0.163 e. The number of aryl methyl sites for hydroxylation is 2. The molecule has 1 N–H and O–H groups in total. The second kappa shape index (κ2) is 7.09. The van der Waals surface area contributed by atoms with E-state index < -0.39 is 0 Å². The van der Waals surface area contributed by atoms with Crippen molar-refractivity contribution in [2.45, 2.75) is 13.8 Å². The fourth-order valence-electron chi connectivity index (χ4n) is 3.56. The molecule has 0 atom stereocenters. The van der Waals surface area contributed by atoms with Crippen LogP contribution in [0.25, 0.3) is 22.0 Å². The lowest BCUT2D eigenvalue weighted by molar-refractivity contribution is 0.171. The molecule has 0 fully saturated rings. The first-order chi connectivity index (χ1) is 14.2. The Morgan fingerprint density at radius 2 is 1.55 bits per heavy atom. The van der Waals surface area contributed by atoms with E-state index in [0.29, 0.717) is 19.0 Å². The largest absolute Gasteiger partial charge is 0.486 e. The third kappa shape index (κ3) is 3.25. The summed E-state index contributed by atoms with van der Waals surface area (Å²) in [5.41, 5.74) is 5.35. The van der Waals surface area contributed by atoms with E-state index in [0.717, 1.165) is 39.2 Å². The third-order valence-corrected chi connectivity index (χ3v) is 5.27. The minimum atomic E-state index is 0.559. The van der Waals surface area contributed by atoms with E-state index in [2.05, 4.69) is 59.7 Å². The van der Waals surface area contributed by atoms with Crippen LogP contribution in [0, 0.1) is 13.8 Å². The fourth-order valence-corrected chi connectivity index (χ4v) is 3.56. The van der Waals surface area contributed by atoms with Crippen molar-refractivity contribution >= 4 is 22.3 Å². The van der Waals surface area contributed by atoms with Crippen LogP contribution in [0.2, 0.25) is 0 Å². The van der Waals surface area contributed by atoms with Crippen LogP contribution >= 0.6 is 0 Å². The SMILES string of the molecule is Cc1ccc(-c2nnc(Nc3ccc4c(c3)OCCO4)c3ccccc23)cc1C. The van der Waals surface area contributed by atoms with Gasteiger partial charge in [0.25, 0.3) is 0 Å². The molecule has 1 aliphatic heterocycles. The van der Waals surface area contributed by atoms with Crippen molar-refractivity contribution in [3.8, 4) is 22.8 Å². The quantitative estimate of drug-likeness (QED) is 0.511. The van der Waals surface area contributed by atoms with Gasteiger partial charge in [0, 0.05) is 28.1 Å². The molecule has 0 bridgehead atoms. The van der Waals surface area contributed by atoms with Crippen LogP contribution in [-0.2, 0) is 0 Å². The molecule has 1 aliphatic rings. The Kier molecular flexibility index (Phi) is 4.28. The number of hydrogen-bond acceptors (Lipinski definition) is 5. The highest BCUT2D eigenvalue weighted by molar-refractivity contribution is 6.00. The summed E-state index contributed by atoms with van der Waals surface area (Å²) >= 11 is 0. The van der Waals surface area contributed by atoms with Crippen LogP contribution in [0.5, 0.6) is 11.5 Å². The average Bonchev–Trinajstić information content (AvgIpc) is 2.76. The van der Waals surface area contributed by atoms with Crippen molar-refractivity contribution in [2.24, 2.45) is 0 Å². The molecule has 5 rings (SSSR count). The number of benzene rings is 3. The molecule has 0 aliphatic carbocycles. The monoisotopic (exact) mass is 383 g/mol. The lowest BCUT2D eigenvalue weighted by atomic mass is 10.0. The molecule has 144 valence electrons. The molecule has 3 aromatic carbocycles. The lowest BCUT2D eigenvalue weighted by Gasteiger charge is -2.19. The van der Waals surface area contributed by atoms with Gasteiger partial charge in [0.1, 0.15) is 18.9 Å². The first-order valence-electron chi connectivity index (χ1n) is 9.69. The summed E-state index contributed by atoms with van der Waals surface area (Å²) in [4.78, 5) is 0. The molecular weight excluding hydrogens is 362 g/mol. The summed E-state index contributed by atoms with van der Waals surface area (Å²) in [6.45, 7) is 5.37. The molecule has 0 radical (unpaired) electrons. The summed E-state index contributed by atoms with van der Waals surface area (Å²) < 4.78 is 11.3. The Bertz CT molecular complexity index is 1220. The van der Waals surface area contributed by atoms with Gasteiger partial charge in [0.15, 0.2) is 17.3 Å². The van der Waals surface area contributed by atoms with Gasteiger partial charge in [-0.2, -0.15) is 0 Å². The second-order valence-corrected chi connectivity index (χ2v) is 7.23. The fraction of sp³-hybridized carbons (Fsp3) is 0.167. The summed E-state index contributed by atoms with van der Waals surface area (Å²) in [6, 6.07) is 20.4. The van der Waals surface area contributed by atoms with Crippen molar-refractivity contribution in [1.82, 2.24) is 10.2 Å². The first-order valence-corrected chi connectivity index (χ1v) is 9.69. The summed E-state index contributed by atoms with van der Waals surface area (Å²) in [6.07, 6.45) is 0. The van der Waals surface area contributed by atoms with E-state index in [9.17, 15) is 0 Å². The second-order valence-electron chi connectivity index (χ2n) is 7.23. The van der Waals surface area contributed by atoms with Gasteiger partial charge in [-0.15, -0.1) is 10.2 Å². The number of anilines is 2. The molecule has 0 amide bonds. The molecular formula is C24H21N3O2. The first kappa shape index (κ1) is 17.5. The van der Waals surface area contributed by atoms with E-state index in [1.54, 1.807) is 0 Å². The zero-order valence-corrected chi connectivity index (χ0v) is 16.4. The maximum atomic E-state index is 5.69. The van der Waals surface area contributed by atoms with E-state index in [1.807, 2.05) is 30.3 Å². The standard InChI is InChI=1S/C24H21N3O2/c1-15-7-8-17(13-16(15)2)23-19-5-3-4-6-20(19)24(27-26-23)25-18-9-10-21-22(14-18)29-12-11-28-21/h3-10,13-14H,11-12H2,1-2H3,(H,25,27). The number of rotatable bonds is 3. The lowest BCUT2D eigenvalue weighted by Crippen LogP contribution is -2.15. The summed E-state index contributed by atoms with van der Waals surface area (Å²) in [5.74, 6) is 2.22. The predicted octanol–water partition coefficient (Wildman–Crippen LogP) is 5.43. The number of fused-ring (bicyclic) bond motifs is 2. The molecule has 0 saturated heterocycles. The minimum absolute atomic E-state index is 0.559. The van der Waals surface area contributed by atoms with Gasteiger partial charge >= 0.3 is 0 Å². The maximum Gasteiger partial charge on any atom is 0.163 e. The van der Waals surface area contributed by atoms with Crippen LogP contribution in [-0.4, -0.2) is 23.4 Å². The van der Waals surface area contributed by atoms with Gasteiger partial charge in [-0.1, -0.05) is 36.4 Å². The Hall–Kier alpha value is -3.60. The molecule has 4 aromatic rings. The Morgan fingerprint density at radius 3 is 2.38 bits per heavy atom. The van der Waals surface area contributed by atoms with Gasteiger partial charge in [0.2, 0.25) is 0 Å². The number of hydrogen-bond donors (Lipinski definition) is 1. The molecule has 29 heavy (non-hydrogen) atoms. The van der Waals surface area contributed by atoms with Crippen LogP contribution < -0.4 is 14.8 Å². The van der Waals surface area contributed by atoms with Crippen LogP contribution in [0.4, 0.5) is 11.5 Å². The molecule has 2 heterocycles. The molecule has 0 spiro atoms.